The highest BCUT2D eigenvalue weighted by molar-refractivity contribution is 5.93. The van der Waals surface area contributed by atoms with Crippen LogP contribution in [0.25, 0.3) is 0 Å². The lowest BCUT2D eigenvalue weighted by atomic mass is 9.72. The van der Waals surface area contributed by atoms with Crippen LogP contribution in [0.5, 0.6) is 0 Å². The van der Waals surface area contributed by atoms with E-state index in [1.165, 1.54) is 32.1 Å². The Morgan fingerprint density at radius 3 is 1.16 bits per heavy atom. The van der Waals surface area contributed by atoms with E-state index < -0.39 is 35.7 Å². The van der Waals surface area contributed by atoms with Gasteiger partial charge in [0.05, 0.1) is 0 Å². The van der Waals surface area contributed by atoms with Crippen molar-refractivity contribution in [2.75, 3.05) is 0 Å². The average Bonchev–Trinajstić information content (AvgIpc) is 2.94. The van der Waals surface area contributed by atoms with Crippen molar-refractivity contribution in [3.05, 3.63) is 0 Å². The van der Waals surface area contributed by atoms with Gasteiger partial charge < -0.3 is 20.4 Å². The van der Waals surface area contributed by atoms with Crippen LogP contribution in [0.1, 0.15) is 123 Å². The molecule has 0 saturated heterocycles. The van der Waals surface area contributed by atoms with Crippen molar-refractivity contribution < 1.29 is 39.6 Å². The fraction of sp³-hybridized carbons (Fsp3) is 0.862. The Morgan fingerprint density at radius 2 is 0.838 bits per heavy atom. The van der Waals surface area contributed by atoms with E-state index >= 15 is 0 Å². The predicted octanol–water partition coefficient (Wildman–Crippen LogP) is 6.71. The quantitative estimate of drug-likeness (QED) is 0.0777. The van der Waals surface area contributed by atoms with E-state index in [0.29, 0.717) is 36.5 Å². The molecular formula is C29H50O8. The standard InChI is InChI=1S/C29H50O8/c1-20-14-13-15-21(2)23(17-10-6-4-8-12-19-25(28(34)35)29(36)37)22(20)16-9-5-3-7-11-18-24(26(30)31)27(32)33/h20-25H,3-19H2,1-2H3,(H,30,31)(H,32,33)(H,34,35)(H,36,37). The van der Waals surface area contributed by atoms with Crippen molar-refractivity contribution >= 4 is 23.9 Å². The van der Waals surface area contributed by atoms with E-state index in [2.05, 4.69) is 13.8 Å². The molecule has 4 N–H and O–H groups in total. The SMILES string of the molecule is CC1CCCC(C)C(CCCCCCCC(C(=O)O)C(=O)O)C1CCCCCCCC(C(=O)O)C(=O)O. The van der Waals surface area contributed by atoms with Gasteiger partial charge in [-0.25, -0.2) is 0 Å². The van der Waals surface area contributed by atoms with E-state index in [1.54, 1.807) is 0 Å². The van der Waals surface area contributed by atoms with Crippen LogP contribution in [0.3, 0.4) is 0 Å². The zero-order valence-electron chi connectivity index (χ0n) is 22.9. The van der Waals surface area contributed by atoms with Crippen molar-refractivity contribution in [3.63, 3.8) is 0 Å². The van der Waals surface area contributed by atoms with Crippen molar-refractivity contribution in [1.82, 2.24) is 0 Å². The molecule has 0 bridgehead atoms. The molecule has 0 aromatic rings. The molecule has 1 rings (SSSR count). The van der Waals surface area contributed by atoms with Gasteiger partial charge in [0.15, 0.2) is 11.8 Å². The molecule has 0 heterocycles. The van der Waals surface area contributed by atoms with Crippen LogP contribution in [0.2, 0.25) is 0 Å². The zero-order chi connectivity index (χ0) is 27.8. The molecule has 8 nitrogen and oxygen atoms in total. The summed E-state index contributed by atoms with van der Waals surface area (Å²) in [6, 6.07) is 0. The number of rotatable bonds is 20. The van der Waals surface area contributed by atoms with E-state index in [9.17, 15) is 19.2 Å². The maximum atomic E-state index is 11.0. The number of unbranched alkanes of at least 4 members (excludes halogenated alkanes) is 8. The lowest BCUT2D eigenvalue weighted by Gasteiger charge is -2.33. The second-order valence-corrected chi connectivity index (χ2v) is 11.4. The number of carboxylic acids is 4. The third-order valence-corrected chi connectivity index (χ3v) is 8.58. The first-order valence-corrected chi connectivity index (χ1v) is 14.5. The fourth-order valence-electron chi connectivity index (χ4n) is 6.25. The maximum Gasteiger partial charge on any atom is 0.317 e. The summed E-state index contributed by atoms with van der Waals surface area (Å²) in [4.78, 5) is 44.0. The number of hydrogen-bond donors (Lipinski definition) is 4. The van der Waals surface area contributed by atoms with Crippen molar-refractivity contribution in [2.45, 2.75) is 123 Å². The number of carbonyl (C=O) groups is 4. The van der Waals surface area contributed by atoms with Gasteiger partial charge in [-0.15, -0.1) is 0 Å². The highest BCUT2D eigenvalue weighted by Crippen LogP contribution is 2.42. The van der Waals surface area contributed by atoms with Gasteiger partial charge >= 0.3 is 23.9 Å². The Labute approximate surface area is 222 Å². The normalized spacial score (nSPS) is 22.2. The largest absolute Gasteiger partial charge is 0.481 e. The molecule has 0 aromatic carbocycles. The van der Waals surface area contributed by atoms with Crippen molar-refractivity contribution in [1.29, 1.82) is 0 Å². The lowest BCUT2D eigenvalue weighted by Crippen LogP contribution is -2.25. The monoisotopic (exact) mass is 526 g/mol. The minimum absolute atomic E-state index is 0.198. The van der Waals surface area contributed by atoms with Gasteiger partial charge in [-0.2, -0.15) is 0 Å². The molecule has 37 heavy (non-hydrogen) atoms. The summed E-state index contributed by atoms with van der Waals surface area (Å²) in [5.74, 6) is -4.72. The van der Waals surface area contributed by atoms with Gasteiger partial charge in [0, 0.05) is 0 Å². The van der Waals surface area contributed by atoms with Gasteiger partial charge in [-0.05, 0) is 49.4 Å². The zero-order valence-corrected chi connectivity index (χ0v) is 22.9. The van der Waals surface area contributed by atoms with Crippen LogP contribution in [0, 0.1) is 35.5 Å². The summed E-state index contributed by atoms with van der Waals surface area (Å²) in [5, 5.41) is 35.9. The summed E-state index contributed by atoms with van der Waals surface area (Å²) >= 11 is 0. The third kappa shape index (κ3) is 12.8. The molecule has 214 valence electrons. The number of carboxylic acid groups (broad SMARTS) is 4. The van der Waals surface area contributed by atoms with Crippen LogP contribution in [0.15, 0.2) is 0 Å². The summed E-state index contributed by atoms with van der Waals surface area (Å²) in [5.41, 5.74) is 0. The van der Waals surface area contributed by atoms with Crippen LogP contribution in [0.4, 0.5) is 0 Å². The van der Waals surface area contributed by atoms with Crippen LogP contribution >= 0.6 is 0 Å². The third-order valence-electron chi connectivity index (χ3n) is 8.58. The molecule has 0 aromatic heterocycles. The summed E-state index contributed by atoms with van der Waals surface area (Å²) in [6.45, 7) is 4.80. The highest BCUT2D eigenvalue weighted by atomic mass is 16.4. The van der Waals surface area contributed by atoms with E-state index in [4.69, 9.17) is 20.4 Å². The molecule has 1 saturated carbocycles. The van der Waals surface area contributed by atoms with E-state index in [1.807, 2.05) is 0 Å². The summed E-state index contributed by atoms with van der Waals surface area (Å²) in [6.07, 6.45) is 16.2. The molecule has 4 unspecified atom stereocenters. The smallest absolute Gasteiger partial charge is 0.317 e. The summed E-state index contributed by atoms with van der Waals surface area (Å²) < 4.78 is 0. The minimum Gasteiger partial charge on any atom is -0.481 e. The van der Waals surface area contributed by atoms with E-state index in [-0.39, 0.29) is 12.8 Å². The topological polar surface area (TPSA) is 149 Å². The highest BCUT2D eigenvalue weighted by Gasteiger charge is 2.32. The van der Waals surface area contributed by atoms with E-state index in [0.717, 1.165) is 51.4 Å². The molecule has 0 spiro atoms. The predicted molar refractivity (Wildman–Crippen MR) is 141 cm³/mol. The average molecular weight is 527 g/mol. The molecule has 1 aliphatic rings. The Morgan fingerprint density at radius 1 is 0.541 bits per heavy atom. The second-order valence-electron chi connectivity index (χ2n) is 11.4. The Balaban J connectivity index is 2.36. The number of aliphatic carboxylic acids is 4. The first-order chi connectivity index (χ1) is 17.6. The maximum absolute atomic E-state index is 11.0. The summed E-state index contributed by atoms with van der Waals surface area (Å²) in [7, 11) is 0. The minimum atomic E-state index is -1.29. The Kier molecular flexibility index (Phi) is 16.2. The molecular weight excluding hydrogens is 476 g/mol. The van der Waals surface area contributed by atoms with Crippen LogP contribution in [-0.2, 0) is 19.2 Å². The van der Waals surface area contributed by atoms with Gasteiger partial charge in [-0.3, -0.25) is 19.2 Å². The lowest BCUT2D eigenvalue weighted by molar-refractivity contribution is -0.156. The Hall–Kier alpha value is -2.12. The molecule has 0 aliphatic heterocycles. The van der Waals surface area contributed by atoms with Gasteiger partial charge in [0.25, 0.3) is 0 Å². The molecule has 0 amide bonds. The number of hydrogen-bond acceptors (Lipinski definition) is 4. The fourth-order valence-corrected chi connectivity index (χ4v) is 6.25. The van der Waals surface area contributed by atoms with Crippen molar-refractivity contribution in [3.8, 4) is 0 Å². The first-order valence-electron chi connectivity index (χ1n) is 14.5. The van der Waals surface area contributed by atoms with Crippen molar-refractivity contribution in [2.24, 2.45) is 35.5 Å². The molecule has 0 radical (unpaired) electrons. The Bertz CT molecular complexity index is 620. The first kappa shape index (κ1) is 32.9. The molecule has 1 aliphatic carbocycles. The van der Waals surface area contributed by atoms with Gasteiger partial charge in [0.2, 0.25) is 0 Å². The molecule has 4 atom stereocenters. The second kappa shape index (κ2) is 18.2. The van der Waals surface area contributed by atoms with Gasteiger partial charge in [-0.1, -0.05) is 97.3 Å². The van der Waals surface area contributed by atoms with Crippen LogP contribution in [-0.4, -0.2) is 44.3 Å². The molecule has 8 heteroatoms. The molecule has 1 fully saturated rings. The van der Waals surface area contributed by atoms with Crippen LogP contribution < -0.4 is 0 Å². The van der Waals surface area contributed by atoms with Gasteiger partial charge in [0.1, 0.15) is 0 Å².